The summed E-state index contributed by atoms with van der Waals surface area (Å²) in [5.41, 5.74) is 0. The fourth-order valence-corrected chi connectivity index (χ4v) is 5.55. The maximum atomic E-state index is 10.9. The second kappa shape index (κ2) is 18.6. The van der Waals surface area contributed by atoms with Gasteiger partial charge in [0.2, 0.25) is 0 Å². The molecule has 0 fully saturated rings. The average molecular weight is 502 g/mol. The number of carboxylic acid groups (broad SMARTS) is 1. The molecule has 0 aliphatic rings. The Morgan fingerprint density at radius 1 is 0.853 bits per heavy atom. The zero-order valence-corrected chi connectivity index (χ0v) is 25.1. The number of hydrogen-bond acceptors (Lipinski definition) is 4. The summed E-state index contributed by atoms with van der Waals surface area (Å²) < 4.78 is 11.6. The molecule has 6 heteroatoms. The third kappa shape index (κ3) is 14.7. The predicted octanol–water partition coefficient (Wildman–Crippen LogP) is 8.73. The molecule has 0 heterocycles. The number of rotatable bonds is 21. The second-order valence-electron chi connectivity index (χ2n) is 11.5. The van der Waals surface area contributed by atoms with E-state index in [-0.39, 0.29) is 17.7 Å². The van der Waals surface area contributed by atoms with Crippen LogP contribution in [-0.4, -0.2) is 56.8 Å². The number of nitrogens with zero attached hydrogens (tertiary/aromatic N) is 1. The molecule has 0 saturated heterocycles. The molecule has 5 nitrogen and oxygen atoms in total. The van der Waals surface area contributed by atoms with Crippen LogP contribution < -0.4 is 0 Å². The lowest BCUT2D eigenvalue weighted by Gasteiger charge is -2.41. The van der Waals surface area contributed by atoms with Crippen molar-refractivity contribution in [2.75, 3.05) is 26.3 Å². The fraction of sp³-hybridized carbons (Fsp3) is 0.964. The van der Waals surface area contributed by atoms with Gasteiger partial charge in [0.25, 0.3) is 0 Å². The molecule has 0 rings (SSSR count). The SMILES string of the molecule is CCCCCCCCCCCCC(CO[Si](C)(C)C(C)(C)C)C(CCOC(=O)O)N(CC)CC. The lowest BCUT2D eigenvalue weighted by Crippen LogP contribution is -2.47. The zero-order valence-electron chi connectivity index (χ0n) is 24.1. The van der Waals surface area contributed by atoms with Crippen LogP contribution in [0.25, 0.3) is 0 Å². The molecule has 2 atom stereocenters. The monoisotopic (exact) mass is 501 g/mol. The van der Waals surface area contributed by atoms with Crippen LogP contribution in [0.4, 0.5) is 4.79 Å². The summed E-state index contributed by atoms with van der Waals surface area (Å²) in [7, 11) is -1.84. The van der Waals surface area contributed by atoms with Crippen molar-refractivity contribution in [1.82, 2.24) is 4.90 Å². The van der Waals surface area contributed by atoms with Gasteiger partial charge in [-0.05, 0) is 50.0 Å². The first-order valence-corrected chi connectivity index (χ1v) is 17.1. The van der Waals surface area contributed by atoms with Crippen molar-refractivity contribution in [3.05, 3.63) is 0 Å². The Labute approximate surface area is 213 Å². The van der Waals surface area contributed by atoms with Crippen molar-refractivity contribution in [2.45, 2.75) is 143 Å². The minimum absolute atomic E-state index is 0.186. The molecule has 0 aromatic heterocycles. The summed E-state index contributed by atoms with van der Waals surface area (Å²) in [6.45, 7) is 21.1. The molecule has 0 spiro atoms. The third-order valence-electron chi connectivity index (χ3n) is 7.86. The Bertz CT molecular complexity index is 503. The molecule has 0 radical (unpaired) electrons. The third-order valence-corrected chi connectivity index (χ3v) is 12.4. The van der Waals surface area contributed by atoms with Crippen molar-refractivity contribution in [2.24, 2.45) is 5.92 Å². The Morgan fingerprint density at radius 3 is 1.79 bits per heavy atom. The highest BCUT2D eigenvalue weighted by Gasteiger charge is 2.38. The Morgan fingerprint density at radius 2 is 1.35 bits per heavy atom. The Kier molecular flexibility index (Phi) is 18.3. The van der Waals surface area contributed by atoms with Crippen LogP contribution >= 0.6 is 0 Å². The van der Waals surface area contributed by atoms with Crippen molar-refractivity contribution >= 4 is 14.5 Å². The summed E-state index contributed by atoms with van der Waals surface area (Å²) in [6, 6.07) is 0.290. The van der Waals surface area contributed by atoms with E-state index in [1.165, 1.54) is 64.2 Å². The number of hydrogen-bond donors (Lipinski definition) is 1. The average Bonchev–Trinajstić information content (AvgIpc) is 2.76. The molecule has 0 aromatic carbocycles. The smallest absolute Gasteiger partial charge is 0.450 e. The molecule has 0 amide bonds. The molecular weight excluding hydrogens is 442 g/mol. The first kappa shape index (κ1) is 33.4. The summed E-state index contributed by atoms with van der Waals surface area (Å²) in [5, 5.41) is 9.15. The topological polar surface area (TPSA) is 59.0 Å². The van der Waals surface area contributed by atoms with Crippen LogP contribution in [0.1, 0.15) is 119 Å². The Balaban J connectivity index is 4.97. The van der Waals surface area contributed by atoms with Crippen LogP contribution in [-0.2, 0) is 9.16 Å². The van der Waals surface area contributed by atoms with E-state index in [1.807, 2.05) is 0 Å². The van der Waals surface area contributed by atoms with Gasteiger partial charge in [0.1, 0.15) is 0 Å². The first-order chi connectivity index (χ1) is 16.0. The van der Waals surface area contributed by atoms with Crippen LogP contribution in [0.5, 0.6) is 0 Å². The molecule has 0 aromatic rings. The van der Waals surface area contributed by atoms with Crippen LogP contribution in [0.3, 0.4) is 0 Å². The van der Waals surface area contributed by atoms with Gasteiger partial charge in [0.05, 0.1) is 6.61 Å². The van der Waals surface area contributed by atoms with Crippen LogP contribution in [0, 0.1) is 5.92 Å². The number of unbranched alkanes of at least 4 members (excludes halogenated alkanes) is 9. The molecule has 0 aliphatic heterocycles. The summed E-state index contributed by atoms with van der Waals surface area (Å²) in [6.07, 6.45) is 14.1. The van der Waals surface area contributed by atoms with Crippen LogP contribution in [0.15, 0.2) is 0 Å². The normalized spacial score (nSPS) is 14.4. The zero-order chi connectivity index (χ0) is 26.0. The number of ether oxygens (including phenoxy) is 1. The van der Waals surface area contributed by atoms with Crippen molar-refractivity contribution in [3.63, 3.8) is 0 Å². The molecule has 2 unspecified atom stereocenters. The van der Waals surface area contributed by atoms with Crippen molar-refractivity contribution in [3.8, 4) is 0 Å². The number of carbonyl (C=O) groups is 1. The van der Waals surface area contributed by atoms with Gasteiger partial charge >= 0.3 is 6.16 Å². The standard InChI is InChI=1S/C28H59NO4Si/c1-9-12-13-14-15-16-17-18-19-20-21-25(24-33-34(7,8)28(4,5)6)26(29(10-2)11-3)22-23-32-27(30)31/h25-26H,9-24H2,1-8H3,(H,30,31). The fourth-order valence-electron chi connectivity index (χ4n) is 4.49. The largest absolute Gasteiger partial charge is 0.505 e. The van der Waals surface area contributed by atoms with Gasteiger partial charge in [0.15, 0.2) is 8.32 Å². The quantitative estimate of drug-likeness (QED) is 0.0967. The van der Waals surface area contributed by atoms with E-state index in [0.717, 1.165) is 32.5 Å². The summed E-state index contributed by atoms with van der Waals surface area (Å²) >= 11 is 0. The van der Waals surface area contributed by atoms with E-state index in [0.29, 0.717) is 5.92 Å². The first-order valence-electron chi connectivity index (χ1n) is 14.2. The summed E-state index contributed by atoms with van der Waals surface area (Å²) in [4.78, 5) is 13.4. The molecule has 1 N–H and O–H groups in total. The van der Waals surface area contributed by atoms with Crippen LogP contribution in [0.2, 0.25) is 18.1 Å². The molecule has 204 valence electrons. The van der Waals surface area contributed by atoms with E-state index in [9.17, 15) is 4.79 Å². The van der Waals surface area contributed by atoms with Gasteiger partial charge in [-0.3, -0.25) is 0 Å². The second-order valence-corrected chi connectivity index (χ2v) is 16.3. The van der Waals surface area contributed by atoms with Crippen molar-refractivity contribution < 1.29 is 19.1 Å². The van der Waals surface area contributed by atoms with Gasteiger partial charge in [-0.2, -0.15) is 0 Å². The molecular formula is C28H59NO4Si. The Hall–Kier alpha value is -0.593. The molecule has 0 saturated carbocycles. The van der Waals surface area contributed by atoms with E-state index in [4.69, 9.17) is 14.3 Å². The van der Waals surface area contributed by atoms with Crippen molar-refractivity contribution in [1.29, 1.82) is 0 Å². The van der Waals surface area contributed by atoms with E-state index in [2.05, 4.69) is 59.5 Å². The maximum Gasteiger partial charge on any atom is 0.505 e. The highest BCUT2D eigenvalue weighted by atomic mass is 28.4. The van der Waals surface area contributed by atoms with E-state index < -0.39 is 14.5 Å². The molecule has 34 heavy (non-hydrogen) atoms. The van der Waals surface area contributed by atoms with Gasteiger partial charge < -0.3 is 19.2 Å². The van der Waals surface area contributed by atoms with Gasteiger partial charge in [-0.15, -0.1) is 0 Å². The minimum atomic E-state index is -1.84. The van der Waals surface area contributed by atoms with E-state index >= 15 is 0 Å². The molecule has 0 bridgehead atoms. The predicted molar refractivity (Wildman–Crippen MR) is 148 cm³/mol. The summed E-state index contributed by atoms with van der Waals surface area (Å²) in [5.74, 6) is 0.403. The molecule has 0 aliphatic carbocycles. The van der Waals surface area contributed by atoms with Gasteiger partial charge in [0, 0.05) is 12.6 Å². The highest BCUT2D eigenvalue weighted by Crippen LogP contribution is 2.37. The highest BCUT2D eigenvalue weighted by molar-refractivity contribution is 6.74. The van der Waals surface area contributed by atoms with Gasteiger partial charge in [-0.1, -0.05) is 106 Å². The lowest BCUT2D eigenvalue weighted by molar-refractivity contribution is 0.0558. The maximum absolute atomic E-state index is 10.9. The van der Waals surface area contributed by atoms with E-state index in [1.54, 1.807) is 0 Å². The van der Waals surface area contributed by atoms with Gasteiger partial charge in [-0.25, -0.2) is 4.79 Å². The lowest BCUT2D eigenvalue weighted by atomic mass is 9.90. The minimum Gasteiger partial charge on any atom is -0.450 e.